The molecule has 16 heteroatoms. The minimum absolute atomic E-state index is 0.000388. The normalized spacial score (nSPS) is 11.7. The molecule has 9 nitrogen and oxygen atoms in total. The molecule has 0 radical (unpaired) electrons. The maximum atomic E-state index is 13.2. The fraction of sp³-hybridized carbons (Fsp3) is 0.172. The van der Waals surface area contributed by atoms with E-state index in [1.165, 1.54) is 48.8 Å². The first kappa shape index (κ1) is 34.5. The summed E-state index contributed by atoms with van der Waals surface area (Å²) in [5, 5.41) is 9.72. The number of aryl methyl sites for hydroxylation is 1. The summed E-state index contributed by atoms with van der Waals surface area (Å²) in [6.45, 7) is 1.55. The number of carbonyl (C=O) groups is 2. The lowest BCUT2D eigenvalue weighted by atomic mass is 10.1. The maximum Gasteiger partial charge on any atom is 0.490 e. The van der Waals surface area contributed by atoms with E-state index in [0.29, 0.717) is 16.8 Å². The van der Waals surface area contributed by atoms with Gasteiger partial charge in [0.05, 0.1) is 16.2 Å². The molecule has 0 atom stereocenters. The Kier molecular flexibility index (Phi) is 10.5. The van der Waals surface area contributed by atoms with Crippen LogP contribution in [0, 0.1) is 6.92 Å². The molecule has 45 heavy (non-hydrogen) atoms. The molecule has 1 amide bonds. The standard InChI is InChI=1S/C27H22F3N3O4S.C2HF3O2/c1-18-5-10-24(26(35)33(18)22-4-2-3-21(15-22)27(28,29)30)25(34)32-16-19-6-8-23(9-7-19)38(36,37)17-20-11-13-31-14-12-20;3-2(4,5)1(6)7/h2-15H,16-17H2,1H3,(H,32,34);(H,6,7). The van der Waals surface area contributed by atoms with Crippen LogP contribution < -0.4 is 10.9 Å². The Balaban J connectivity index is 0.000000707. The van der Waals surface area contributed by atoms with Crippen LogP contribution in [0.2, 0.25) is 0 Å². The number of nitrogens with one attached hydrogen (secondary N) is 1. The third kappa shape index (κ3) is 9.25. The van der Waals surface area contributed by atoms with Gasteiger partial charge in [-0.3, -0.25) is 19.1 Å². The van der Waals surface area contributed by atoms with E-state index in [4.69, 9.17) is 9.90 Å². The number of carbonyl (C=O) groups excluding carboxylic acids is 1. The first-order chi connectivity index (χ1) is 20.9. The minimum Gasteiger partial charge on any atom is -0.475 e. The second kappa shape index (κ2) is 13.8. The second-order valence-corrected chi connectivity index (χ2v) is 11.3. The number of hydrogen-bond donors (Lipinski definition) is 2. The van der Waals surface area contributed by atoms with Gasteiger partial charge in [-0.15, -0.1) is 0 Å². The number of nitrogens with zero attached hydrogens (tertiary/aromatic N) is 2. The molecule has 238 valence electrons. The number of carboxylic acid groups (broad SMARTS) is 1. The summed E-state index contributed by atoms with van der Waals surface area (Å²) in [4.78, 5) is 38.7. The molecule has 2 heterocycles. The van der Waals surface area contributed by atoms with Crippen molar-refractivity contribution in [2.24, 2.45) is 0 Å². The van der Waals surface area contributed by atoms with E-state index in [2.05, 4.69) is 10.3 Å². The lowest BCUT2D eigenvalue weighted by Gasteiger charge is -2.14. The largest absolute Gasteiger partial charge is 0.490 e. The number of carboxylic acids is 1. The van der Waals surface area contributed by atoms with E-state index in [1.54, 1.807) is 31.2 Å². The van der Waals surface area contributed by atoms with Crippen molar-refractivity contribution in [2.45, 2.75) is 36.5 Å². The SMILES string of the molecule is Cc1ccc(C(=O)NCc2ccc(S(=O)(=O)Cc3ccncc3)cc2)c(=O)n1-c1cccc(C(F)(F)F)c1.O=C(O)C(F)(F)F. The van der Waals surface area contributed by atoms with Crippen LogP contribution in [-0.4, -0.2) is 41.1 Å². The predicted molar refractivity (Wildman–Crippen MR) is 148 cm³/mol. The number of pyridine rings is 2. The number of aliphatic carboxylic acids is 1. The number of halogens is 6. The number of hydrogen-bond acceptors (Lipinski definition) is 6. The van der Waals surface area contributed by atoms with Crippen LogP contribution in [-0.2, 0) is 33.1 Å². The van der Waals surface area contributed by atoms with Gasteiger partial charge in [0.15, 0.2) is 9.84 Å². The van der Waals surface area contributed by atoms with Gasteiger partial charge in [0.1, 0.15) is 5.56 Å². The summed E-state index contributed by atoms with van der Waals surface area (Å²) in [6.07, 6.45) is -6.64. The Morgan fingerprint density at radius 1 is 0.889 bits per heavy atom. The fourth-order valence-corrected chi connectivity index (χ4v) is 5.17. The predicted octanol–water partition coefficient (Wildman–Crippen LogP) is 5.10. The molecule has 0 aliphatic rings. The Morgan fingerprint density at radius 2 is 1.49 bits per heavy atom. The molecule has 2 N–H and O–H groups in total. The van der Waals surface area contributed by atoms with Gasteiger partial charge in [-0.2, -0.15) is 26.3 Å². The zero-order valence-electron chi connectivity index (χ0n) is 23.1. The van der Waals surface area contributed by atoms with Crippen molar-refractivity contribution in [3.63, 3.8) is 0 Å². The molecule has 2 aromatic heterocycles. The molecule has 2 aromatic carbocycles. The molecule has 0 saturated heterocycles. The average molecular weight is 656 g/mol. The number of alkyl halides is 6. The van der Waals surface area contributed by atoms with Gasteiger partial charge in [-0.05, 0) is 72.6 Å². The molecule has 4 aromatic rings. The minimum atomic E-state index is -5.08. The zero-order chi connectivity index (χ0) is 33.6. The van der Waals surface area contributed by atoms with Gasteiger partial charge >= 0.3 is 18.3 Å². The molecule has 0 aliphatic carbocycles. The monoisotopic (exact) mass is 655 g/mol. The third-order valence-electron chi connectivity index (χ3n) is 6.04. The van der Waals surface area contributed by atoms with E-state index < -0.39 is 45.2 Å². The maximum absolute atomic E-state index is 13.2. The number of rotatable bonds is 7. The second-order valence-electron chi connectivity index (χ2n) is 9.32. The first-order valence-electron chi connectivity index (χ1n) is 12.6. The highest BCUT2D eigenvalue weighted by Crippen LogP contribution is 2.30. The van der Waals surface area contributed by atoms with Crippen molar-refractivity contribution < 1.29 is 49.5 Å². The van der Waals surface area contributed by atoms with E-state index in [1.807, 2.05) is 0 Å². The van der Waals surface area contributed by atoms with Gasteiger partial charge in [0, 0.05) is 30.3 Å². The highest BCUT2D eigenvalue weighted by atomic mass is 32.2. The number of amides is 1. The van der Waals surface area contributed by atoms with Crippen molar-refractivity contribution in [2.75, 3.05) is 0 Å². The molecule has 4 rings (SSSR count). The van der Waals surface area contributed by atoms with Crippen molar-refractivity contribution in [1.29, 1.82) is 0 Å². The molecular formula is C29H23F6N3O6S. The van der Waals surface area contributed by atoms with Crippen LogP contribution >= 0.6 is 0 Å². The summed E-state index contributed by atoms with van der Waals surface area (Å²) >= 11 is 0. The van der Waals surface area contributed by atoms with Gasteiger partial charge in [-0.25, -0.2) is 13.2 Å². The van der Waals surface area contributed by atoms with Crippen molar-refractivity contribution >= 4 is 21.7 Å². The lowest BCUT2D eigenvalue weighted by Crippen LogP contribution is -2.33. The molecule has 0 unspecified atom stereocenters. The molecule has 0 aliphatic heterocycles. The summed E-state index contributed by atoms with van der Waals surface area (Å²) in [5.41, 5.74) is -0.391. The van der Waals surface area contributed by atoms with Gasteiger partial charge in [-0.1, -0.05) is 18.2 Å². The van der Waals surface area contributed by atoms with Crippen molar-refractivity contribution in [3.05, 3.63) is 123 Å². The van der Waals surface area contributed by atoms with Gasteiger partial charge in [0.25, 0.3) is 11.5 Å². The number of benzene rings is 2. The molecular weight excluding hydrogens is 632 g/mol. The van der Waals surface area contributed by atoms with E-state index in [-0.39, 0.29) is 28.4 Å². The van der Waals surface area contributed by atoms with Crippen LogP contribution in [0.15, 0.2) is 94.9 Å². The summed E-state index contributed by atoms with van der Waals surface area (Å²) in [5.74, 6) is -3.66. The molecule has 0 saturated carbocycles. The van der Waals surface area contributed by atoms with Crippen LogP contribution in [0.4, 0.5) is 26.3 Å². The molecule has 0 spiro atoms. The molecule has 0 fully saturated rings. The third-order valence-corrected chi connectivity index (χ3v) is 7.74. The average Bonchev–Trinajstić information content (AvgIpc) is 2.96. The van der Waals surface area contributed by atoms with Crippen molar-refractivity contribution in [3.8, 4) is 5.69 Å². The van der Waals surface area contributed by atoms with E-state index >= 15 is 0 Å². The topological polar surface area (TPSA) is 135 Å². The highest BCUT2D eigenvalue weighted by molar-refractivity contribution is 7.90. The van der Waals surface area contributed by atoms with Gasteiger partial charge < -0.3 is 10.4 Å². The number of sulfone groups is 1. The Labute approximate surface area is 251 Å². The Morgan fingerprint density at radius 3 is 2.04 bits per heavy atom. The Hall–Kier alpha value is -4.99. The summed E-state index contributed by atoms with van der Waals surface area (Å²) in [7, 11) is -3.59. The summed E-state index contributed by atoms with van der Waals surface area (Å²) in [6, 6.07) is 16.3. The van der Waals surface area contributed by atoms with Crippen LogP contribution in [0.25, 0.3) is 5.69 Å². The Bertz CT molecular complexity index is 1840. The fourth-order valence-electron chi connectivity index (χ4n) is 3.82. The first-order valence-corrected chi connectivity index (χ1v) is 14.2. The van der Waals surface area contributed by atoms with E-state index in [0.717, 1.165) is 16.7 Å². The van der Waals surface area contributed by atoms with Crippen LogP contribution in [0.1, 0.15) is 32.7 Å². The van der Waals surface area contributed by atoms with E-state index in [9.17, 15) is 44.3 Å². The van der Waals surface area contributed by atoms with Crippen LogP contribution in [0.3, 0.4) is 0 Å². The van der Waals surface area contributed by atoms with Crippen LogP contribution in [0.5, 0.6) is 0 Å². The number of aromatic nitrogens is 2. The molecule has 0 bridgehead atoms. The quantitative estimate of drug-likeness (QED) is 0.265. The smallest absolute Gasteiger partial charge is 0.475 e. The van der Waals surface area contributed by atoms with Gasteiger partial charge in [0.2, 0.25) is 0 Å². The zero-order valence-corrected chi connectivity index (χ0v) is 23.9. The lowest BCUT2D eigenvalue weighted by molar-refractivity contribution is -0.192. The highest BCUT2D eigenvalue weighted by Gasteiger charge is 2.38. The summed E-state index contributed by atoms with van der Waals surface area (Å²) < 4.78 is 97.6. The van der Waals surface area contributed by atoms with Crippen molar-refractivity contribution in [1.82, 2.24) is 14.9 Å².